The second-order valence-corrected chi connectivity index (χ2v) is 7.81. The van der Waals surface area contributed by atoms with Gasteiger partial charge in [-0.25, -0.2) is 4.98 Å². The number of methoxy groups -OCH3 is 1. The Kier molecular flexibility index (Phi) is 4.41. The van der Waals surface area contributed by atoms with Crippen LogP contribution in [0.25, 0.3) is 0 Å². The van der Waals surface area contributed by atoms with Gasteiger partial charge in [0.25, 0.3) is 0 Å². The summed E-state index contributed by atoms with van der Waals surface area (Å²) in [5.74, 6) is 0.736. The minimum atomic E-state index is -0.141. The molecule has 0 fully saturated rings. The monoisotopic (exact) mass is 344 g/mol. The van der Waals surface area contributed by atoms with Crippen molar-refractivity contribution < 1.29 is 14.3 Å². The molecule has 0 aliphatic heterocycles. The highest BCUT2D eigenvalue weighted by atomic mass is 32.1. The van der Waals surface area contributed by atoms with Gasteiger partial charge in [-0.05, 0) is 29.5 Å². The number of aromatic nitrogens is 1. The smallest absolute Gasteiger partial charge is 0.230 e. The lowest BCUT2D eigenvalue weighted by Crippen LogP contribution is -2.26. The molecule has 24 heavy (non-hydrogen) atoms. The number of anilines is 1. The molecular weight excluding hydrogens is 324 g/mol. The van der Waals surface area contributed by atoms with E-state index in [0.29, 0.717) is 16.4 Å². The van der Waals surface area contributed by atoms with Crippen molar-refractivity contribution in [2.75, 3.05) is 12.4 Å². The summed E-state index contributed by atoms with van der Waals surface area (Å²) in [7, 11) is 1.61. The highest BCUT2D eigenvalue weighted by Gasteiger charge is 2.34. The van der Waals surface area contributed by atoms with Gasteiger partial charge in [0, 0.05) is 6.42 Å². The van der Waals surface area contributed by atoms with Crippen molar-refractivity contribution in [2.24, 2.45) is 5.41 Å². The Balaban J connectivity index is 1.68. The number of ketones is 1. The summed E-state index contributed by atoms with van der Waals surface area (Å²) in [5, 5.41) is 3.31. The van der Waals surface area contributed by atoms with Crippen LogP contribution >= 0.6 is 11.3 Å². The fourth-order valence-electron chi connectivity index (χ4n) is 2.87. The van der Waals surface area contributed by atoms with Gasteiger partial charge in [0.2, 0.25) is 5.91 Å². The van der Waals surface area contributed by atoms with Crippen molar-refractivity contribution in [1.29, 1.82) is 0 Å². The van der Waals surface area contributed by atoms with Crippen LogP contribution in [0.2, 0.25) is 0 Å². The number of hydrogen-bond donors (Lipinski definition) is 1. The molecule has 0 radical (unpaired) electrons. The summed E-state index contributed by atoms with van der Waals surface area (Å²) in [6.45, 7) is 4.13. The van der Waals surface area contributed by atoms with Gasteiger partial charge >= 0.3 is 0 Å². The highest BCUT2D eigenvalue weighted by molar-refractivity contribution is 7.17. The van der Waals surface area contributed by atoms with E-state index in [2.05, 4.69) is 24.1 Å². The van der Waals surface area contributed by atoms with Crippen molar-refractivity contribution in [3.8, 4) is 5.75 Å². The van der Waals surface area contributed by atoms with E-state index in [0.717, 1.165) is 23.4 Å². The molecule has 0 bridgehead atoms. The van der Waals surface area contributed by atoms with Gasteiger partial charge < -0.3 is 10.1 Å². The molecule has 6 heteroatoms. The summed E-state index contributed by atoms with van der Waals surface area (Å²) < 4.78 is 5.10. The number of carbonyl (C=O) groups is 2. The summed E-state index contributed by atoms with van der Waals surface area (Å²) in [6.07, 6.45) is 1.55. The van der Waals surface area contributed by atoms with Gasteiger partial charge in [-0.2, -0.15) is 0 Å². The minimum Gasteiger partial charge on any atom is -0.497 e. The lowest BCUT2D eigenvalue weighted by Gasteiger charge is -2.26. The Morgan fingerprint density at radius 3 is 2.67 bits per heavy atom. The number of hydrogen-bond acceptors (Lipinski definition) is 5. The standard InChI is InChI=1S/C18H20N2O3S/c1-18(2)9-13-16(14(21)10-18)24-17(19-13)20-15(22)8-11-4-6-12(23-3)7-5-11/h4-7H,8-10H2,1-3H3,(H,19,20,22). The molecule has 5 nitrogen and oxygen atoms in total. The van der Waals surface area contributed by atoms with E-state index in [1.807, 2.05) is 24.3 Å². The number of fused-ring (bicyclic) bond motifs is 1. The fraction of sp³-hybridized carbons (Fsp3) is 0.389. The Hall–Kier alpha value is -2.21. The van der Waals surface area contributed by atoms with Gasteiger partial charge in [0.15, 0.2) is 10.9 Å². The highest BCUT2D eigenvalue weighted by Crippen LogP contribution is 2.38. The summed E-state index contributed by atoms with van der Waals surface area (Å²) in [6, 6.07) is 7.37. The van der Waals surface area contributed by atoms with E-state index < -0.39 is 0 Å². The first-order valence-corrected chi connectivity index (χ1v) is 8.64. The lowest BCUT2D eigenvalue weighted by atomic mass is 9.78. The molecule has 0 saturated carbocycles. The van der Waals surface area contributed by atoms with Gasteiger partial charge in [0.1, 0.15) is 5.75 Å². The molecule has 1 aromatic carbocycles. The third kappa shape index (κ3) is 3.64. The van der Waals surface area contributed by atoms with E-state index in [1.165, 1.54) is 11.3 Å². The third-order valence-corrected chi connectivity index (χ3v) is 5.06. The number of rotatable bonds is 4. The summed E-state index contributed by atoms with van der Waals surface area (Å²) in [4.78, 5) is 29.5. The number of ether oxygens (including phenoxy) is 1. The average Bonchev–Trinajstić information content (AvgIpc) is 2.89. The quantitative estimate of drug-likeness (QED) is 0.922. The molecule has 126 valence electrons. The van der Waals surface area contributed by atoms with Crippen LogP contribution in [-0.2, 0) is 17.6 Å². The van der Waals surface area contributed by atoms with Crippen LogP contribution in [0.5, 0.6) is 5.75 Å². The molecule has 0 atom stereocenters. The zero-order valence-electron chi connectivity index (χ0n) is 14.0. The Morgan fingerprint density at radius 1 is 1.29 bits per heavy atom. The van der Waals surface area contributed by atoms with Gasteiger partial charge in [-0.3, -0.25) is 9.59 Å². The molecule has 1 aliphatic rings. The van der Waals surface area contributed by atoms with Crippen LogP contribution in [0.1, 0.15) is 41.2 Å². The normalized spacial score (nSPS) is 15.7. The van der Waals surface area contributed by atoms with Crippen molar-refractivity contribution >= 4 is 28.2 Å². The summed E-state index contributed by atoms with van der Waals surface area (Å²) in [5.41, 5.74) is 1.63. The summed E-state index contributed by atoms with van der Waals surface area (Å²) >= 11 is 1.28. The van der Waals surface area contributed by atoms with Crippen LogP contribution in [0, 0.1) is 5.41 Å². The number of Topliss-reactive ketones (excluding diaryl/α,β-unsaturated/α-hetero) is 1. The third-order valence-electron chi connectivity index (χ3n) is 4.01. The van der Waals surface area contributed by atoms with E-state index in [1.54, 1.807) is 7.11 Å². The molecule has 1 aromatic heterocycles. The molecule has 1 aliphatic carbocycles. The molecular formula is C18H20N2O3S. The molecule has 1 heterocycles. The predicted molar refractivity (Wildman–Crippen MR) is 93.9 cm³/mol. The first-order chi connectivity index (χ1) is 11.4. The SMILES string of the molecule is COc1ccc(CC(=O)Nc2nc3c(s2)C(=O)CC(C)(C)C3)cc1. The zero-order chi connectivity index (χ0) is 17.3. The van der Waals surface area contributed by atoms with Gasteiger partial charge in [-0.15, -0.1) is 0 Å². The Bertz CT molecular complexity index is 778. The fourth-order valence-corrected chi connectivity index (χ4v) is 3.80. The van der Waals surface area contributed by atoms with Crippen molar-refractivity contribution in [1.82, 2.24) is 4.98 Å². The maximum Gasteiger partial charge on any atom is 0.230 e. The number of thiazole rings is 1. The van der Waals surface area contributed by atoms with Crippen LogP contribution in [0.4, 0.5) is 5.13 Å². The van der Waals surface area contributed by atoms with Gasteiger partial charge in [-0.1, -0.05) is 37.3 Å². The molecule has 0 unspecified atom stereocenters. The van der Waals surface area contributed by atoms with E-state index in [-0.39, 0.29) is 23.5 Å². The Labute approximate surface area is 145 Å². The molecule has 2 aromatic rings. The minimum absolute atomic E-state index is 0.0669. The largest absolute Gasteiger partial charge is 0.497 e. The van der Waals surface area contributed by atoms with Crippen molar-refractivity contribution in [3.63, 3.8) is 0 Å². The first kappa shape index (κ1) is 16.6. The molecule has 1 amide bonds. The van der Waals surface area contributed by atoms with Crippen LogP contribution < -0.4 is 10.1 Å². The average molecular weight is 344 g/mol. The van der Waals surface area contributed by atoms with Crippen molar-refractivity contribution in [2.45, 2.75) is 33.1 Å². The lowest BCUT2D eigenvalue weighted by molar-refractivity contribution is -0.115. The maximum absolute atomic E-state index is 12.2. The second kappa shape index (κ2) is 6.36. The second-order valence-electron chi connectivity index (χ2n) is 6.81. The topological polar surface area (TPSA) is 68.3 Å². The van der Waals surface area contributed by atoms with E-state index >= 15 is 0 Å². The number of nitrogens with one attached hydrogen (secondary N) is 1. The number of amides is 1. The van der Waals surface area contributed by atoms with E-state index in [9.17, 15) is 9.59 Å². The van der Waals surface area contributed by atoms with Crippen molar-refractivity contribution in [3.05, 3.63) is 40.4 Å². The number of nitrogens with zero attached hydrogens (tertiary/aromatic N) is 1. The maximum atomic E-state index is 12.2. The molecule has 0 spiro atoms. The van der Waals surface area contributed by atoms with Gasteiger partial charge in [0.05, 0.1) is 24.1 Å². The predicted octanol–water partition coefficient (Wildman–Crippen LogP) is 3.49. The van der Waals surface area contributed by atoms with E-state index in [4.69, 9.17) is 4.74 Å². The van der Waals surface area contributed by atoms with Crippen LogP contribution in [-0.4, -0.2) is 23.8 Å². The number of benzene rings is 1. The van der Waals surface area contributed by atoms with Crippen LogP contribution in [0.15, 0.2) is 24.3 Å². The Morgan fingerprint density at radius 2 is 2.00 bits per heavy atom. The first-order valence-electron chi connectivity index (χ1n) is 7.82. The molecule has 1 N–H and O–H groups in total. The number of carbonyl (C=O) groups excluding carboxylic acids is 2. The zero-order valence-corrected chi connectivity index (χ0v) is 14.8. The molecule has 3 rings (SSSR count). The van der Waals surface area contributed by atoms with Crippen LogP contribution in [0.3, 0.4) is 0 Å². The molecule has 0 saturated heterocycles.